The third kappa shape index (κ3) is 4.28. The van der Waals surface area contributed by atoms with Crippen LogP contribution in [0.4, 0.5) is 4.79 Å². The van der Waals surface area contributed by atoms with Gasteiger partial charge in [0, 0.05) is 5.92 Å². The van der Waals surface area contributed by atoms with Gasteiger partial charge in [-0.3, -0.25) is 4.79 Å². The number of nitrogens with one attached hydrogen (secondary N) is 2. The first-order chi connectivity index (χ1) is 16.9. The van der Waals surface area contributed by atoms with Crippen molar-refractivity contribution in [3.63, 3.8) is 0 Å². The van der Waals surface area contributed by atoms with E-state index in [4.69, 9.17) is 4.74 Å². The van der Waals surface area contributed by atoms with Crippen LogP contribution in [0.15, 0.2) is 48.5 Å². The van der Waals surface area contributed by atoms with E-state index in [1.807, 2.05) is 24.3 Å². The van der Waals surface area contributed by atoms with Gasteiger partial charge in [-0.1, -0.05) is 61.9 Å². The second-order valence-electron chi connectivity index (χ2n) is 10.2. The fraction of sp³-hybridized carbons (Fsp3) is 0.464. The molecule has 0 saturated heterocycles. The van der Waals surface area contributed by atoms with Crippen LogP contribution in [-0.4, -0.2) is 40.8 Å². The quantitative estimate of drug-likeness (QED) is 0.542. The van der Waals surface area contributed by atoms with Crippen molar-refractivity contribution in [2.24, 2.45) is 5.92 Å². The molecule has 0 atom stereocenters. The standard InChI is InChI=1S/C28H32N2O5/c1-2-18-11-13-28(14-12-18,25(32)33)29-24(31)27(15-16-27)30-26(34)35-17-23-21-9-5-3-7-19(21)20-8-4-6-10-22(20)23/h3-10,18,23H,2,11-17H2,1H3,(H,29,31)(H,30,34)(H,32,33). The van der Waals surface area contributed by atoms with Crippen LogP contribution in [0, 0.1) is 5.92 Å². The van der Waals surface area contributed by atoms with E-state index in [2.05, 4.69) is 41.8 Å². The molecule has 2 fully saturated rings. The fourth-order valence-electron chi connectivity index (χ4n) is 5.67. The van der Waals surface area contributed by atoms with Gasteiger partial charge in [0.1, 0.15) is 17.7 Å². The van der Waals surface area contributed by atoms with Gasteiger partial charge in [-0.25, -0.2) is 9.59 Å². The summed E-state index contributed by atoms with van der Waals surface area (Å²) >= 11 is 0. The Bertz CT molecular complexity index is 1100. The molecule has 2 aromatic rings. The number of benzene rings is 2. The van der Waals surface area contributed by atoms with Gasteiger partial charge in [0.2, 0.25) is 5.91 Å². The highest BCUT2D eigenvalue weighted by Gasteiger charge is 2.55. The lowest BCUT2D eigenvalue weighted by atomic mass is 9.75. The average molecular weight is 477 g/mol. The lowest BCUT2D eigenvalue weighted by molar-refractivity contribution is -0.150. The number of aliphatic carboxylic acids is 1. The maximum Gasteiger partial charge on any atom is 0.408 e. The van der Waals surface area contributed by atoms with Gasteiger partial charge in [-0.05, 0) is 66.7 Å². The molecule has 7 heteroatoms. The summed E-state index contributed by atoms with van der Waals surface area (Å²) in [5.74, 6) is -1.00. The second kappa shape index (κ2) is 9.02. The Labute approximate surface area is 205 Å². The van der Waals surface area contributed by atoms with Crippen LogP contribution in [0.2, 0.25) is 0 Å². The summed E-state index contributed by atoms with van der Waals surface area (Å²) in [5, 5.41) is 15.4. The molecule has 0 aromatic heterocycles. The number of carbonyl (C=O) groups excluding carboxylic acids is 2. The number of hydrogen-bond acceptors (Lipinski definition) is 4. The normalized spacial score (nSPS) is 24.1. The molecule has 2 amide bonds. The van der Waals surface area contributed by atoms with Crippen LogP contribution in [0.25, 0.3) is 11.1 Å². The van der Waals surface area contributed by atoms with Gasteiger partial charge >= 0.3 is 12.1 Å². The zero-order chi connectivity index (χ0) is 24.6. The van der Waals surface area contributed by atoms with Crippen LogP contribution < -0.4 is 10.6 Å². The van der Waals surface area contributed by atoms with E-state index < -0.39 is 29.0 Å². The molecule has 5 rings (SSSR count). The van der Waals surface area contributed by atoms with Gasteiger partial charge < -0.3 is 20.5 Å². The van der Waals surface area contributed by atoms with Gasteiger partial charge in [-0.15, -0.1) is 0 Å². The van der Waals surface area contributed by atoms with Crippen molar-refractivity contribution in [2.45, 2.75) is 68.9 Å². The Morgan fingerprint density at radius 3 is 1.97 bits per heavy atom. The maximum atomic E-state index is 13.1. The lowest BCUT2D eigenvalue weighted by Gasteiger charge is -2.38. The van der Waals surface area contributed by atoms with Crippen molar-refractivity contribution in [2.75, 3.05) is 6.61 Å². The third-order valence-corrected chi connectivity index (χ3v) is 8.17. The Kier molecular flexibility index (Phi) is 6.03. The molecule has 2 saturated carbocycles. The Hall–Kier alpha value is -3.35. The van der Waals surface area contributed by atoms with Crippen LogP contribution in [0.5, 0.6) is 0 Å². The zero-order valence-electron chi connectivity index (χ0n) is 20.0. The Balaban J connectivity index is 1.22. The molecule has 0 unspecified atom stereocenters. The summed E-state index contributed by atoms with van der Waals surface area (Å²) in [7, 11) is 0. The van der Waals surface area contributed by atoms with Crippen LogP contribution >= 0.6 is 0 Å². The summed E-state index contributed by atoms with van der Waals surface area (Å²) in [6, 6.07) is 16.2. The molecule has 0 heterocycles. The molecular formula is C28H32N2O5. The molecule has 0 radical (unpaired) electrons. The summed E-state index contributed by atoms with van der Waals surface area (Å²) in [6.45, 7) is 2.27. The number of rotatable bonds is 7. The van der Waals surface area contributed by atoms with Gasteiger partial charge in [0.05, 0.1) is 0 Å². The number of carboxylic acid groups (broad SMARTS) is 1. The first kappa shape index (κ1) is 23.4. The first-order valence-electron chi connectivity index (χ1n) is 12.6. The molecule has 2 aromatic carbocycles. The van der Waals surface area contributed by atoms with E-state index in [-0.39, 0.29) is 12.5 Å². The molecular weight excluding hydrogens is 444 g/mol. The summed E-state index contributed by atoms with van der Waals surface area (Å²) in [4.78, 5) is 38.0. The highest BCUT2D eigenvalue weighted by Crippen LogP contribution is 2.45. The number of amides is 2. The van der Waals surface area contributed by atoms with Crippen molar-refractivity contribution in [3.05, 3.63) is 59.7 Å². The van der Waals surface area contributed by atoms with E-state index in [9.17, 15) is 19.5 Å². The lowest BCUT2D eigenvalue weighted by Crippen LogP contribution is -2.61. The minimum atomic E-state index is -1.26. The van der Waals surface area contributed by atoms with E-state index in [0.717, 1.165) is 41.5 Å². The molecule has 0 spiro atoms. The smallest absolute Gasteiger partial charge is 0.408 e. The van der Waals surface area contributed by atoms with Gasteiger partial charge in [-0.2, -0.15) is 0 Å². The number of alkyl carbamates (subject to hydrolysis) is 1. The van der Waals surface area contributed by atoms with Crippen LogP contribution in [-0.2, 0) is 14.3 Å². The number of carboxylic acids is 1. The molecule has 0 bridgehead atoms. The molecule has 3 N–H and O–H groups in total. The Morgan fingerprint density at radius 1 is 0.886 bits per heavy atom. The average Bonchev–Trinajstić information content (AvgIpc) is 3.58. The monoisotopic (exact) mass is 476 g/mol. The van der Waals surface area contributed by atoms with Crippen molar-refractivity contribution in [3.8, 4) is 11.1 Å². The summed E-state index contributed by atoms with van der Waals surface area (Å²) < 4.78 is 5.61. The van der Waals surface area contributed by atoms with E-state index >= 15 is 0 Å². The number of ether oxygens (including phenoxy) is 1. The van der Waals surface area contributed by atoms with Crippen LogP contribution in [0.1, 0.15) is 68.9 Å². The summed E-state index contributed by atoms with van der Waals surface area (Å²) in [5.41, 5.74) is 2.17. The number of carbonyl (C=O) groups is 3. The number of fused-ring (bicyclic) bond motifs is 3. The van der Waals surface area contributed by atoms with E-state index in [0.29, 0.717) is 31.6 Å². The van der Waals surface area contributed by atoms with Crippen molar-refractivity contribution in [1.82, 2.24) is 10.6 Å². The predicted octanol–water partition coefficient (Wildman–Crippen LogP) is 4.60. The fourth-order valence-corrected chi connectivity index (χ4v) is 5.67. The molecule has 3 aliphatic rings. The van der Waals surface area contributed by atoms with Gasteiger partial charge in [0.25, 0.3) is 0 Å². The highest BCUT2D eigenvalue weighted by molar-refractivity contribution is 5.96. The third-order valence-electron chi connectivity index (χ3n) is 8.17. The molecule has 35 heavy (non-hydrogen) atoms. The molecule has 7 nitrogen and oxygen atoms in total. The minimum absolute atomic E-state index is 0.0684. The highest BCUT2D eigenvalue weighted by atomic mass is 16.5. The van der Waals surface area contributed by atoms with Crippen molar-refractivity contribution >= 4 is 18.0 Å². The first-order valence-corrected chi connectivity index (χ1v) is 12.6. The predicted molar refractivity (Wildman–Crippen MR) is 131 cm³/mol. The van der Waals surface area contributed by atoms with E-state index in [1.54, 1.807) is 0 Å². The Morgan fingerprint density at radius 2 is 1.46 bits per heavy atom. The molecule has 3 aliphatic carbocycles. The molecule has 184 valence electrons. The van der Waals surface area contributed by atoms with Gasteiger partial charge in [0.15, 0.2) is 0 Å². The van der Waals surface area contributed by atoms with E-state index in [1.165, 1.54) is 0 Å². The second-order valence-corrected chi connectivity index (χ2v) is 10.2. The van der Waals surface area contributed by atoms with Crippen molar-refractivity contribution in [1.29, 1.82) is 0 Å². The van der Waals surface area contributed by atoms with Crippen LogP contribution in [0.3, 0.4) is 0 Å². The maximum absolute atomic E-state index is 13.1. The minimum Gasteiger partial charge on any atom is -0.480 e. The number of hydrogen-bond donors (Lipinski definition) is 3. The van der Waals surface area contributed by atoms with Crippen molar-refractivity contribution < 1.29 is 24.2 Å². The topological polar surface area (TPSA) is 105 Å². The largest absolute Gasteiger partial charge is 0.480 e. The SMILES string of the molecule is CCC1CCC(NC(=O)C2(NC(=O)OCC3c4ccccc4-c4ccccc43)CC2)(C(=O)O)CC1. The summed E-state index contributed by atoms with van der Waals surface area (Å²) in [6.07, 6.45) is 3.66. The zero-order valence-corrected chi connectivity index (χ0v) is 20.0. The molecule has 0 aliphatic heterocycles.